The lowest BCUT2D eigenvalue weighted by atomic mass is 10.0. The topological polar surface area (TPSA) is 48.5 Å². The molecular formula is C16H17F3N4OS. The molecule has 0 spiro atoms. The number of rotatable bonds is 2. The summed E-state index contributed by atoms with van der Waals surface area (Å²) < 4.78 is 39.2. The predicted molar refractivity (Wildman–Crippen MR) is 90.0 cm³/mol. The average molecular weight is 370 g/mol. The maximum atomic E-state index is 12.8. The first-order valence-electron chi connectivity index (χ1n) is 8.19. The van der Waals surface area contributed by atoms with Crippen molar-refractivity contribution >= 4 is 32.7 Å². The zero-order valence-electron chi connectivity index (χ0n) is 13.3. The summed E-state index contributed by atoms with van der Waals surface area (Å²) in [6.45, 7) is 2.93. The molecule has 0 bridgehead atoms. The van der Waals surface area contributed by atoms with E-state index in [1.165, 1.54) is 17.4 Å². The average Bonchev–Trinajstić information content (AvgIpc) is 3.19. The Kier molecular flexibility index (Phi) is 3.98. The molecule has 2 aliphatic heterocycles. The third kappa shape index (κ3) is 3.12. The van der Waals surface area contributed by atoms with Gasteiger partial charge in [-0.1, -0.05) is 11.3 Å². The number of hydrogen-bond acceptors (Lipinski definition) is 4. The molecule has 0 saturated carbocycles. The quantitative estimate of drug-likeness (QED) is 0.882. The molecule has 0 unspecified atom stereocenters. The maximum Gasteiger partial charge on any atom is 0.416 e. The first-order chi connectivity index (χ1) is 11.9. The minimum absolute atomic E-state index is 0.00174. The smallest absolute Gasteiger partial charge is 0.348 e. The molecule has 3 heterocycles. The van der Waals surface area contributed by atoms with Crippen LogP contribution in [-0.2, 0) is 6.18 Å². The molecule has 2 aliphatic rings. The molecule has 0 radical (unpaired) electrons. The lowest BCUT2D eigenvalue weighted by Crippen LogP contribution is -2.46. The van der Waals surface area contributed by atoms with Gasteiger partial charge in [-0.3, -0.25) is 0 Å². The Morgan fingerprint density at radius 1 is 1.20 bits per heavy atom. The van der Waals surface area contributed by atoms with E-state index >= 15 is 0 Å². The molecule has 2 amide bonds. The van der Waals surface area contributed by atoms with Crippen LogP contribution in [0.1, 0.15) is 18.4 Å². The number of fused-ring (bicyclic) bond motifs is 1. The van der Waals surface area contributed by atoms with Gasteiger partial charge in [-0.25, -0.2) is 9.78 Å². The van der Waals surface area contributed by atoms with Gasteiger partial charge >= 0.3 is 12.2 Å². The number of benzene rings is 1. The largest absolute Gasteiger partial charge is 0.416 e. The van der Waals surface area contributed by atoms with E-state index < -0.39 is 11.7 Å². The molecule has 4 rings (SSSR count). The van der Waals surface area contributed by atoms with Crippen LogP contribution in [-0.4, -0.2) is 48.1 Å². The minimum atomic E-state index is -4.35. The van der Waals surface area contributed by atoms with Crippen molar-refractivity contribution in [2.24, 2.45) is 0 Å². The van der Waals surface area contributed by atoms with Gasteiger partial charge < -0.3 is 15.1 Å². The molecule has 9 heteroatoms. The minimum Gasteiger partial charge on any atom is -0.348 e. The number of anilines is 1. The second-order valence-electron chi connectivity index (χ2n) is 6.32. The first-order valence-corrected chi connectivity index (χ1v) is 9.01. The lowest BCUT2D eigenvalue weighted by Gasteiger charge is -2.35. The molecule has 2 saturated heterocycles. The second-order valence-corrected chi connectivity index (χ2v) is 7.33. The molecule has 1 N–H and O–H groups in total. The van der Waals surface area contributed by atoms with E-state index in [2.05, 4.69) is 15.2 Å². The van der Waals surface area contributed by atoms with E-state index in [0.29, 0.717) is 12.1 Å². The molecule has 1 aromatic heterocycles. The molecule has 2 aromatic rings. The van der Waals surface area contributed by atoms with Gasteiger partial charge in [0.25, 0.3) is 0 Å². The molecule has 5 nitrogen and oxygen atoms in total. The summed E-state index contributed by atoms with van der Waals surface area (Å²) in [4.78, 5) is 20.1. The van der Waals surface area contributed by atoms with E-state index in [1.54, 1.807) is 0 Å². The highest BCUT2D eigenvalue weighted by atomic mass is 32.1. The van der Waals surface area contributed by atoms with Crippen LogP contribution in [0.5, 0.6) is 0 Å². The summed E-state index contributed by atoms with van der Waals surface area (Å²) in [6, 6.07) is 3.92. The van der Waals surface area contributed by atoms with Crippen molar-refractivity contribution < 1.29 is 18.0 Å². The van der Waals surface area contributed by atoms with Crippen LogP contribution < -0.4 is 10.2 Å². The monoisotopic (exact) mass is 370 g/mol. The number of nitrogens with zero attached hydrogens (tertiary/aromatic N) is 3. The van der Waals surface area contributed by atoms with Crippen LogP contribution in [0, 0.1) is 0 Å². The van der Waals surface area contributed by atoms with Crippen molar-refractivity contribution in [3.05, 3.63) is 23.8 Å². The Labute approximate surface area is 146 Å². The number of thiazole rings is 1. The Hall–Kier alpha value is -2.03. The number of carbonyl (C=O) groups is 1. The zero-order valence-corrected chi connectivity index (χ0v) is 14.2. The van der Waals surface area contributed by atoms with Gasteiger partial charge in [-0.2, -0.15) is 13.2 Å². The second kappa shape index (κ2) is 6.05. The number of piperidine rings is 1. The fourth-order valence-electron chi connectivity index (χ4n) is 3.43. The highest BCUT2D eigenvalue weighted by molar-refractivity contribution is 7.22. The summed E-state index contributed by atoms with van der Waals surface area (Å²) in [5, 5.41) is 3.56. The van der Waals surface area contributed by atoms with Crippen molar-refractivity contribution in [2.75, 3.05) is 31.1 Å². The number of halogens is 3. The molecule has 0 aliphatic carbocycles. The van der Waals surface area contributed by atoms with Crippen molar-refractivity contribution in [3.8, 4) is 0 Å². The van der Waals surface area contributed by atoms with Gasteiger partial charge in [0.15, 0.2) is 5.13 Å². The number of amides is 2. The van der Waals surface area contributed by atoms with Crippen molar-refractivity contribution in [1.29, 1.82) is 0 Å². The van der Waals surface area contributed by atoms with Crippen molar-refractivity contribution in [2.45, 2.75) is 25.1 Å². The number of alkyl halides is 3. The van der Waals surface area contributed by atoms with Gasteiger partial charge in [0.2, 0.25) is 0 Å². The standard InChI is InChI=1S/C16H17F3N4OS/c17-16(18,19)10-1-2-13-12(9-10)21-15(25-13)22-6-3-11(4-7-22)23-8-5-20-14(23)24/h1-2,9,11H,3-8H2,(H,20,24). The normalized spacial score (nSPS) is 19.7. The summed E-state index contributed by atoms with van der Waals surface area (Å²) in [7, 11) is 0. The third-order valence-corrected chi connectivity index (χ3v) is 5.87. The van der Waals surface area contributed by atoms with Crippen molar-refractivity contribution in [3.63, 3.8) is 0 Å². The number of nitrogens with one attached hydrogen (secondary N) is 1. The fraction of sp³-hybridized carbons (Fsp3) is 0.500. The molecule has 0 atom stereocenters. The number of carbonyl (C=O) groups excluding carboxylic acids is 1. The van der Waals surface area contributed by atoms with Gasteiger partial charge in [-0.05, 0) is 31.0 Å². The van der Waals surface area contributed by atoms with E-state index in [0.717, 1.165) is 54.4 Å². The number of urea groups is 1. The Morgan fingerprint density at radius 2 is 1.96 bits per heavy atom. The van der Waals surface area contributed by atoms with Crippen LogP contribution in [0.2, 0.25) is 0 Å². The zero-order chi connectivity index (χ0) is 17.6. The molecule has 134 valence electrons. The first kappa shape index (κ1) is 16.4. The van der Waals surface area contributed by atoms with E-state index in [9.17, 15) is 18.0 Å². The van der Waals surface area contributed by atoms with Gasteiger partial charge in [0, 0.05) is 32.2 Å². The summed E-state index contributed by atoms with van der Waals surface area (Å²) in [6.07, 6.45) is -2.67. The summed E-state index contributed by atoms with van der Waals surface area (Å²) >= 11 is 1.41. The highest BCUT2D eigenvalue weighted by Gasteiger charge is 2.32. The van der Waals surface area contributed by atoms with Crippen molar-refractivity contribution in [1.82, 2.24) is 15.2 Å². The fourth-order valence-corrected chi connectivity index (χ4v) is 4.43. The molecule has 1 aromatic carbocycles. The van der Waals surface area contributed by atoms with E-state index in [4.69, 9.17) is 0 Å². The van der Waals surface area contributed by atoms with Crippen LogP contribution in [0.4, 0.5) is 23.1 Å². The Bertz CT molecular complexity index is 798. The van der Waals surface area contributed by atoms with Gasteiger partial charge in [0.1, 0.15) is 0 Å². The number of hydrogen-bond donors (Lipinski definition) is 1. The molecule has 25 heavy (non-hydrogen) atoms. The summed E-state index contributed by atoms with van der Waals surface area (Å²) in [5.41, 5.74) is -0.286. The third-order valence-electron chi connectivity index (χ3n) is 4.77. The number of aromatic nitrogens is 1. The maximum absolute atomic E-state index is 12.8. The summed E-state index contributed by atoms with van der Waals surface area (Å²) in [5.74, 6) is 0. The highest BCUT2D eigenvalue weighted by Crippen LogP contribution is 2.35. The SMILES string of the molecule is O=C1NCCN1C1CCN(c2nc3cc(C(F)(F)F)ccc3s2)CC1. The van der Waals surface area contributed by atoms with E-state index in [1.807, 2.05) is 4.90 Å². The van der Waals surface area contributed by atoms with E-state index in [-0.39, 0.29) is 12.1 Å². The molecule has 2 fully saturated rings. The lowest BCUT2D eigenvalue weighted by molar-refractivity contribution is -0.137. The Morgan fingerprint density at radius 3 is 2.60 bits per heavy atom. The van der Waals surface area contributed by atoms with Crippen LogP contribution >= 0.6 is 11.3 Å². The van der Waals surface area contributed by atoms with Crippen LogP contribution in [0.3, 0.4) is 0 Å². The van der Waals surface area contributed by atoms with Gasteiger partial charge in [-0.15, -0.1) is 0 Å². The van der Waals surface area contributed by atoms with Crippen LogP contribution in [0.15, 0.2) is 18.2 Å². The Balaban J connectivity index is 1.48. The molecular weight excluding hydrogens is 353 g/mol. The predicted octanol–water partition coefficient (Wildman–Crippen LogP) is 3.31. The van der Waals surface area contributed by atoms with Crippen LogP contribution in [0.25, 0.3) is 10.2 Å². The van der Waals surface area contributed by atoms with Gasteiger partial charge in [0.05, 0.1) is 15.8 Å².